The van der Waals surface area contributed by atoms with Gasteiger partial charge in [0.15, 0.2) is 0 Å². The Morgan fingerprint density at radius 1 is 1.25 bits per heavy atom. The normalized spacial score (nSPS) is 13.6. The Bertz CT molecular complexity index is 547. The molecule has 0 saturated carbocycles. The van der Waals surface area contributed by atoms with Crippen molar-refractivity contribution in [1.82, 2.24) is 0 Å². The zero-order chi connectivity index (χ0) is 15.5. The average Bonchev–Trinajstić information content (AvgIpc) is 2.29. The second kappa shape index (κ2) is 6.91. The molecule has 0 aromatic heterocycles. The molecule has 0 amide bonds. The SMILES string of the molecule is Cc1cc(OCC(CS(N)(=O)=O)C(C)C)cc(C)c1Br. The number of ether oxygens (including phenoxy) is 1. The first-order valence-electron chi connectivity index (χ1n) is 6.50. The molecule has 4 nitrogen and oxygen atoms in total. The summed E-state index contributed by atoms with van der Waals surface area (Å²) in [6, 6.07) is 3.87. The molecule has 0 bridgehead atoms. The fraction of sp³-hybridized carbons (Fsp3) is 0.571. The van der Waals surface area contributed by atoms with Crippen LogP contribution in [0.5, 0.6) is 5.75 Å². The van der Waals surface area contributed by atoms with Crippen LogP contribution in [0.1, 0.15) is 25.0 Å². The molecule has 0 aliphatic carbocycles. The monoisotopic (exact) mass is 363 g/mol. The first-order chi connectivity index (χ1) is 9.10. The highest BCUT2D eigenvalue weighted by atomic mass is 79.9. The minimum absolute atomic E-state index is 0.0564. The molecule has 20 heavy (non-hydrogen) atoms. The molecule has 0 saturated heterocycles. The molecule has 6 heteroatoms. The fourth-order valence-corrected chi connectivity index (χ4v) is 3.23. The van der Waals surface area contributed by atoms with Crippen molar-refractivity contribution in [2.24, 2.45) is 17.0 Å². The van der Waals surface area contributed by atoms with Crippen LogP contribution < -0.4 is 9.88 Å². The molecule has 114 valence electrons. The summed E-state index contributed by atoms with van der Waals surface area (Å²) >= 11 is 3.50. The number of sulfonamides is 1. The van der Waals surface area contributed by atoms with Gasteiger partial charge < -0.3 is 4.74 Å². The van der Waals surface area contributed by atoms with E-state index >= 15 is 0 Å². The quantitative estimate of drug-likeness (QED) is 0.844. The number of halogens is 1. The Morgan fingerprint density at radius 2 is 1.75 bits per heavy atom. The molecule has 0 aliphatic heterocycles. The van der Waals surface area contributed by atoms with E-state index in [1.165, 1.54) is 0 Å². The molecular formula is C14H22BrNO3S. The van der Waals surface area contributed by atoms with E-state index in [1.54, 1.807) is 0 Å². The third-order valence-electron chi connectivity index (χ3n) is 3.26. The molecular weight excluding hydrogens is 342 g/mol. The van der Waals surface area contributed by atoms with Gasteiger partial charge in [0, 0.05) is 10.4 Å². The highest BCUT2D eigenvalue weighted by molar-refractivity contribution is 9.10. The molecule has 0 aliphatic rings. The van der Waals surface area contributed by atoms with Gasteiger partial charge in [-0.2, -0.15) is 0 Å². The maximum atomic E-state index is 11.2. The van der Waals surface area contributed by atoms with Crippen LogP contribution in [-0.4, -0.2) is 20.8 Å². The van der Waals surface area contributed by atoms with Gasteiger partial charge in [-0.25, -0.2) is 13.6 Å². The summed E-state index contributed by atoms with van der Waals surface area (Å²) in [4.78, 5) is 0. The topological polar surface area (TPSA) is 69.4 Å². The van der Waals surface area contributed by atoms with Gasteiger partial charge in [-0.1, -0.05) is 29.8 Å². The lowest BCUT2D eigenvalue weighted by atomic mass is 9.99. The predicted octanol–water partition coefficient (Wildman–Crippen LogP) is 3.01. The van der Waals surface area contributed by atoms with Crippen molar-refractivity contribution in [3.63, 3.8) is 0 Å². The Kier molecular flexibility index (Phi) is 6.04. The summed E-state index contributed by atoms with van der Waals surface area (Å²) in [7, 11) is -3.48. The summed E-state index contributed by atoms with van der Waals surface area (Å²) in [5, 5.41) is 5.12. The molecule has 1 aromatic carbocycles. The number of benzene rings is 1. The smallest absolute Gasteiger partial charge is 0.209 e. The van der Waals surface area contributed by atoms with Gasteiger partial charge in [0.2, 0.25) is 10.0 Å². The maximum Gasteiger partial charge on any atom is 0.209 e. The van der Waals surface area contributed by atoms with Gasteiger partial charge in [0.25, 0.3) is 0 Å². The molecule has 0 fully saturated rings. The highest BCUT2D eigenvalue weighted by Gasteiger charge is 2.20. The van der Waals surface area contributed by atoms with Crippen molar-refractivity contribution in [3.8, 4) is 5.75 Å². The summed E-state index contributed by atoms with van der Waals surface area (Å²) < 4.78 is 29.3. The van der Waals surface area contributed by atoms with Crippen LogP contribution in [0.4, 0.5) is 0 Å². The first kappa shape index (κ1) is 17.5. The van der Waals surface area contributed by atoms with Gasteiger partial charge in [0.1, 0.15) is 5.75 Å². The van der Waals surface area contributed by atoms with Crippen molar-refractivity contribution in [2.75, 3.05) is 12.4 Å². The second-order valence-corrected chi connectivity index (χ2v) is 7.97. The largest absolute Gasteiger partial charge is 0.493 e. The van der Waals surface area contributed by atoms with E-state index in [1.807, 2.05) is 39.8 Å². The Hall–Kier alpha value is -0.590. The highest BCUT2D eigenvalue weighted by Crippen LogP contribution is 2.27. The Morgan fingerprint density at radius 3 is 2.15 bits per heavy atom. The minimum Gasteiger partial charge on any atom is -0.493 e. The standard InChI is InChI=1S/C14H22BrNO3S/c1-9(2)12(8-20(16,17)18)7-19-13-5-10(3)14(15)11(4)6-13/h5-6,9,12H,7-8H2,1-4H3,(H2,16,17,18). The molecule has 2 N–H and O–H groups in total. The lowest BCUT2D eigenvalue weighted by molar-refractivity contribution is 0.224. The van der Waals surface area contributed by atoms with Crippen LogP contribution >= 0.6 is 15.9 Å². The maximum absolute atomic E-state index is 11.2. The molecule has 1 atom stereocenters. The van der Waals surface area contributed by atoms with Crippen LogP contribution in [0.25, 0.3) is 0 Å². The molecule has 0 spiro atoms. The number of hydrogen-bond donors (Lipinski definition) is 1. The van der Waals surface area contributed by atoms with Crippen LogP contribution in [0.15, 0.2) is 16.6 Å². The number of rotatable bonds is 6. The second-order valence-electron chi connectivity index (χ2n) is 5.52. The first-order valence-corrected chi connectivity index (χ1v) is 9.01. The van der Waals surface area contributed by atoms with E-state index in [0.717, 1.165) is 21.3 Å². The van der Waals surface area contributed by atoms with Gasteiger partial charge in [-0.3, -0.25) is 0 Å². The van der Waals surface area contributed by atoms with Gasteiger partial charge in [0.05, 0.1) is 12.4 Å². The van der Waals surface area contributed by atoms with Crippen LogP contribution in [-0.2, 0) is 10.0 Å². The zero-order valence-electron chi connectivity index (χ0n) is 12.3. The summed E-state index contributed by atoms with van der Waals surface area (Å²) in [5.74, 6) is 0.766. The number of nitrogens with two attached hydrogens (primary N) is 1. The van der Waals surface area contributed by atoms with Gasteiger partial charge in [-0.15, -0.1) is 0 Å². The van der Waals surface area contributed by atoms with Crippen molar-refractivity contribution in [2.45, 2.75) is 27.7 Å². The van der Waals surface area contributed by atoms with E-state index in [0.29, 0.717) is 6.61 Å². The third-order valence-corrected chi connectivity index (χ3v) is 5.41. The Balaban J connectivity index is 2.78. The third kappa shape index (κ3) is 5.42. The van der Waals surface area contributed by atoms with E-state index in [2.05, 4.69) is 15.9 Å². The molecule has 1 aromatic rings. The number of primary sulfonamides is 1. The number of aryl methyl sites for hydroxylation is 2. The van der Waals surface area contributed by atoms with E-state index in [4.69, 9.17) is 9.88 Å². The van der Waals surface area contributed by atoms with E-state index < -0.39 is 10.0 Å². The number of hydrogen-bond acceptors (Lipinski definition) is 3. The average molecular weight is 364 g/mol. The summed E-state index contributed by atoms with van der Waals surface area (Å²) in [5.41, 5.74) is 2.18. The van der Waals surface area contributed by atoms with Crippen molar-refractivity contribution in [3.05, 3.63) is 27.7 Å². The fourth-order valence-electron chi connectivity index (χ4n) is 1.92. The van der Waals surface area contributed by atoms with Crippen LogP contribution in [0, 0.1) is 25.7 Å². The van der Waals surface area contributed by atoms with Crippen molar-refractivity contribution < 1.29 is 13.2 Å². The molecule has 1 unspecified atom stereocenters. The molecule has 0 radical (unpaired) electrons. The van der Waals surface area contributed by atoms with Crippen molar-refractivity contribution in [1.29, 1.82) is 0 Å². The minimum atomic E-state index is -3.48. The predicted molar refractivity (Wildman–Crippen MR) is 85.4 cm³/mol. The summed E-state index contributed by atoms with van der Waals surface area (Å²) in [6.07, 6.45) is 0. The van der Waals surface area contributed by atoms with Gasteiger partial charge in [-0.05, 0) is 43.0 Å². The van der Waals surface area contributed by atoms with Crippen LogP contribution in [0.3, 0.4) is 0 Å². The van der Waals surface area contributed by atoms with Crippen molar-refractivity contribution >= 4 is 26.0 Å². The molecule has 0 heterocycles. The lowest BCUT2D eigenvalue weighted by Gasteiger charge is -2.20. The lowest BCUT2D eigenvalue weighted by Crippen LogP contribution is -2.30. The van der Waals surface area contributed by atoms with Crippen LogP contribution in [0.2, 0.25) is 0 Å². The Labute approximate surface area is 129 Å². The van der Waals surface area contributed by atoms with E-state index in [-0.39, 0.29) is 17.6 Å². The zero-order valence-corrected chi connectivity index (χ0v) is 14.7. The van der Waals surface area contributed by atoms with E-state index in [9.17, 15) is 8.42 Å². The van der Waals surface area contributed by atoms with Gasteiger partial charge >= 0.3 is 0 Å². The molecule has 1 rings (SSSR count). The summed E-state index contributed by atoms with van der Waals surface area (Å²) in [6.45, 7) is 8.27.